The van der Waals surface area contributed by atoms with Gasteiger partial charge in [-0.1, -0.05) is 42.5 Å². The van der Waals surface area contributed by atoms with Gasteiger partial charge in [-0.2, -0.15) is 13.2 Å². The van der Waals surface area contributed by atoms with Crippen LogP contribution in [0.1, 0.15) is 5.56 Å². The minimum Gasteiger partial charge on any atom is -0.508 e. The van der Waals surface area contributed by atoms with Crippen LogP contribution in [0.2, 0.25) is 0 Å². The number of aromatic hydroxyl groups is 3. The highest BCUT2D eigenvalue weighted by Gasteiger charge is 2.33. The lowest BCUT2D eigenvalue weighted by atomic mass is 10.2. The van der Waals surface area contributed by atoms with Gasteiger partial charge < -0.3 is 15.3 Å². The molecule has 0 aromatic heterocycles. The second-order valence-electron chi connectivity index (χ2n) is 5.02. The van der Waals surface area contributed by atoms with Crippen molar-refractivity contribution in [3.63, 3.8) is 0 Å². The maximum absolute atomic E-state index is 11.9. The molecule has 0 unspecified atom stereocenters. The number of phenolic OH excluding ortho intramolecular Hbond substituents is 3. The summed E-state index contributed by atoms with van der Waals surface area (Å²) in [6.45, 7) is 0. The van der Waals surface area contributed by atoms with Crippen molar-refractivity contribution in [2.24, 2.45) is 0 Å². The molecule has 27 heavy (non-hydrogen) atoms. The van der Waals surface area contributed by atoms with Crippen molar-refractivity contribution in [3.8, 4) is 17.2 Å². The minimum atomic E-state index is -4.47. The molecule has 0 aliphatic rings. The summed E-state index contributed by atoms with van der Waals surface area (Å²) in [6.07, 6.45) is -2.53. The second kappa shape index (κ2) is 11.0. The van der Waals surface area contributed by atoms with Gasteiger partial charge in [0.15, 0.2) is 0 Å². The molecule has 0 radical (unpaired) electrons. The number of hydrogen-bond donors (Lipinski definition) is 3. The number of phenols is 3. The third-order valence-corrected chi connectivity index (χ3v) is 3.84. The summed E-state index contributed by atoms with van der Waals surface area (Å²) in [4.78, 5) is 0.928. The summed E-state index contributed by atoms with van der Waals surface area (Å²) in [5.41, 5.74) is -1.000. The predicted octanol–water partition coefficient (Wildman–Crippen LogP) is 5.92. The highest BCUT2D eigenvalue weighted by atomic mass is 32.2. The van der Waals surface area contributed by atoms with Gasteiger partial charge in [0.1, 0.15) is 17.2 Å². The van der Waals surface area contributed by atoms with Gasteiger partial charge >= 0.3 is 6.18 Å². The number of rotatable bonds is 1. The van der Waals surface area contributed by atoms with Gasteiger partial charge in [-0.3, -0.25) is 0 Å². The van der Waals surface area contributed by atoms with Crippen molar-refractivity contribution in [1.29, 1.82) is 0 Å². The molecule has 0 fully saturated rings. The van der Waals surface area contributed by atoms with Crippen LogP contribution in [0.25, 0.3) is 0 Å². The first-order valence-electron chi connectivity index (χ1n) is 7.67. The summed E-state index contributed by atoms with van der Waals surface area (Å²) >= 11 is 1.55. The number of hydrogen-bond acceptors (Lipinski definition) is 4. The Hall–Kier alpha value is -2.80. The molecule has 0 atom stereocenters. The highest BCUT2D eigenvalue weighted by molar-refractivity contribution is 7.98. The lowest BCUT2D eigenvalue weighted by Crippen LogP contribution is -2.04. The first-order valence-corrected chi connectivity index (χ1v) is 8.89. The van der Waals surface area contributed by atoms with Gasteiger partial charge in [-0.05, 0) is 42.7 Å². The molecule has 0 saturated heterocycles. The summed E-state index contributed by atoms with van der Waals surface area (Å²) in [5.74, 6) is -0.0486. The number of benzene rings is 3. The smallest absolute Gasteiger partial charge is 0.419 e. The SMILES string of the molecule is CSc1ccccc1O.Oc1ccccc1.Oc1ccccc1C(F)(F)F. The molecule has 0 aliphatic carbocycles. The Bertz CT molecular complexity index is 809. The summed E-state index contributed by atoms with van der Waals surface area (Å²) in [7, 11) is 0. The zero-order chi connectivity index (χ0) is 20.3. The van der Waals surface area contributed by atoms with Crippen LogP contribution in [-0.2, 0) is 6.18 Å². The van der Waals surface area contributed by atoms with Crippen molar-refractivity contribution in [1.82, 2.24) is 0 Å². The van der Waals surface area contributed by atoms with Crippen LogP contribution in [0.3, 0.4) is 0 Å². The number of alkyl halides is 3. The standard InChI is InChI=1S/C7H5F3O.C7H8OS.C6H6O/c8-7(9,10)5-3-1-2-4-6(5)11;1-9-7-5-3-2-4-6(7)8;7-6-4-2-1-3-5-6/h1-4,11H;2-5,8H,1H3;1-5,7H. The summed E-state index contributed by atoms with van der Waals surface area (Å²) < 4.78 is 35.7. The summed E-state index contributed by atoms with van der Waals surface area (Å²) in [6, 6.07) is 20.4. The van der Waals surface area contributed by atoms with Crippen molar-refractivity contribution < 1.29 is 28.5 Å². The molecule has 3 nitrogen and oxygen atoms in total. The highest BCUT2D eigenvalue weighted by Crippen LogP contribution is 2.34. The molecule has 144 valence electrons. The second-order valence-corrected chi connectivity index (χ2v) is 5.87. The van der Waals surface area contributed by atoms with Crippen LogP contribution in [-0.4, -0.2) is 21.6 Å². The fourth-order valence-corrected chi connectivity index (χ4v) is 2.26. The minimum absolute atomic E-state index is 0.322. The lowest BCUT2D eigenvalue weighted by Gasteiger charge is -2.06. The van der Waals surface area contributed by atoms with E-state index >= 15 is 0 Å². The lowest BCUT2D eigenvalue weighted by molar-refractivity contribution is -0.138. The molecular formula is C20H19F3O3S. The zero-order valence-corrected chi connectivity index (χ0v) is 15.2. The topological polar surface area (TPSA) is 60.7 Å². The van der Waals surface area contributed by atoms with Crippen LogP contribution in [0.5, 0.6) is 17.2 Å². The van der Waals surface area contributed by atoms with Crippen LogP contribution in [0.15, 0.2) is 83.8 Å². The average molecular weight is 396 g/mol. The van der Waals surface area contributed by atoms with E-state index in [9.17, 15) is 13.2 Å². The molecular weight excluding hydrogens is 377 g/mol. The monoisotopic (exact) mass is 396 g/mol. The molecule has 3 rings (SSSR count). The van der Waals surface area contributed by atoms with Crippen molar-refractivity contribution in [2.75, 3.05) is 6.26 Å². The first kappa shape index (κ1) is 22.2. The fraction of sp³-hybridized carbons (Fsp3) is 0.100. The molecule has 3 aromatic rings. The van der Waals surface area contributed by atoms with Crippen LogP contribution in [0.4, 0.5) is 13.2 Å². The quantitative estimate of drug-likeness (QED) is 0.447. The van der Waals surface area contributed by atoms with E-state index in [0.29, 0.717) is 11.5 Å². The number of halogens is 3. The predicted molar refractivity (Wildman–Crippen MR) is 101 cm³/mol. The Labute approximate surface area is 159 Å². The summed E-state index contributed by atoms with van der Waals surface area (Å²) in [5, 5.41) is 26.4. The van der Waals surface area contributed by atoms with Crippen LogP contribution < -0.4 is 0 Å². The molecule has 0 bridgehead atoms. The van der Waals surface area contributed by atoms with Gasteiger partial charge in [0, 0.05) is 4.90 Å². The molecule has 7 heteroatoms. The third-order valence-electron chi connectivity index (χ3n) is 3.05. The van der Waals surface area contributed by atoms with Gasteiger partial charge in [0.05, 0.1) is 5.56 Å². The Balaban J connectivity index is 0.000000208. The van der Waals surface area contributed by atoms with Crippen LogP contribution in [0, 0.1) is 0 Å². The van der Waals surface area contributed by atoms with Gasteiger partial charge in [0.2, 0.25) is 0 Å². The van der Waals surface area contributed by atoms with Gasteiger partial charge in [-0.15, -0.1) is 11.8 Å². The Morgan fingerprint density at radius 2 is 1.15 bits per heavy atom. The van der Waals surface area contributed by atoms with E-state index in [-0.39, 0.29) is 0 Å². The van der Waals surface area contributed by atoms with Gasteiger partial charge in [0.25, 0.3) is 0 Å². The van der Waals surface area contributed by atoms with E-state index in [1.807, 2.05) is 30.5 Å². The Morgan fingerprint density at radius 1 is 0.667 bits per heavy atom. The van der Waals surface area contributed by atoms with Crippen molar-refractivity contribution in [3.05, 3.63) is 84.4 Å². The molecule has 0 heterocycles. The van der Waals surface area contributed by atoms with E-state index in [1.54, 1.807) is 42.1 Å². The zero-order valence-electron chi connectivity index (χ0n) is 14.4. The molecule has 0 amide bonds. The van der Waals surface area contributed by atoms with Crippen LogP contribution >= 0.6 is 11.8 Å². The largest absolute Gasteiger partial charge is 0.508 e. The fourth-order valence-electron chi connectivity index (χ4n) is 1.77. The Morgan fingerprint density at radius 3 is 1.48 bits per heavy atom. The Kier molecular flexibility index (Phi) is 9.08. The molecule has 0 aliphatic heterocycles. The van der Waals surface area contributed by atoms with Crippen molar-refractivity contribution >= 4 is 11.8 Å². The average Bonchev–Trinajstić information content (AvgIpc) is 2.63. The van der Waals surface area contributed by atoms with Gasteiger partial charge in [-0.25, -0.2) is 0 Å². The maximum atomic E-state index is 11.9. The number of thioether (sulfide) groups is 1. The molecule has 3 aromatic carbocycles. The molecule has 0 spiro atoms. The first-order chi connectivity index (χ1) is 12.8. The van der Waals surface area contributed by atoms with E-state index in [2.05, 4.69) is 0 Å². The van der Waals surface area contributed by atoms with E-state index in [0.717, 1.165) is 17.0 Å². The molecule has 0 saturated carbocycles. The van der Waals surface area contributed by atoms with Crippen molar-refractivity contribution in [2.45, 2.75) is 11.1 Å². The number of para-hydroxylation sites is 3. The third kappa shape index (κ3) is 8.42. The van der Waals surface area contributed by atoms with E-state index in [1.165, 1.54) is 12.1 Å². The maximum Gasteiger partial charge on any atom is 0.419 e. The van der Waals surface area contributed by atoms with E-state index < -0.39 is 17.5 Å². The van der Waals surface area contributed by atoms with E-state index in [4.69, 9.17) is 15.3 Å². The molecule has 3 N–H and O–H groups in total. The normalized spacial score (nSPS) is 10.1.